The van der Waals surface area contributed by atoms with Crippen LogP contribution in [0, 0.1) is 0 Å². The van der Waals surface area contributed by atoms with Crippen molar-refractivity contribution in [3.8, 4) is 0 Å². The maximum atomic E-state index is 12.5. The summed E-state index contributed by atoms with van der Waals surface area (Å²) < 4.78 is 0. The van der Waals surface area contributed by atoms with Gasteiger partial charge in [0.05, 0.1) is 16.1 Å². The zero-order valence-electron chi connectivity index (χ0n) is 15.0. The second-order valence-electron chi connectivity index (χ2n) is 6.61. The van der Waals surface area contributed by atoms with Crippen LogP contribution in [0.2, 0.25) is 10.0 Å². The van der Waals surface area contributed by atoms with Crippen molar-refractivity contribution >= 4 is 34.8 Å². The van der Waals surface area contributed by atoms with Gasteiger partial charge in [0.2, 0.25) is 5.91 Å². The van der Waals surface area contributed by atoms with E-state index in [-0.39, 0.29) is 11.9 Å². The Morgan fingerprint density at radius 3 is 2.24 bits per heavy atom. The number of carbonyl (C=O) groups excluding carboxylic acids is 1. The lowest BCUT2D eigenvalue weighted by Crippen LogP contribution is -2.39. The number of halogens is 2. The highest BCUT2D eigenvalue weighted by Gasteiger charge is 2.18. The summed E-state index contributed by atoms with van der Waals surface area (Å²) in [5.74, 6) is 0.431. The molecule has 0 saturated carbocycles. The molecule has 0 aliphatic rings. The molecule has 0 heterocycles. The van der Waals surface area contributed by atoms with E-state index in [1.54, 1.807) is 6.07 Å². The molecule has 0 aromatic heterocycles. The molecule has 0 fully saturated rings. The molecule has 5 heteroatoms. The molecule has 0 aliphatic carbocycles. The number of hydrogen-bond donors (Lipinski definition) is 1. The molecule has 0 spiro atoms. The molecule has 134 valence electrons. The first-order valence-corrected chi connectivity index (χ1v) is 9.08. The van der Waals surface area contributed by atoms with Crippen molar-refractivity contribution in [2.75, 3.05) is 12.4 Å². The van der Waals surface area contributed by atoms with Gasteiger partial charge < -0.3 is 5.32 Å². The SMILES string of the molecule is CC(C)c1ccc(NC(=O)[C@@H](C)N(C)Cc2ccc(Cl)c(Cl)c2)cc1. The van der Waals surface area contributed by atoms with Crippen molar-refractivity contribution in [3.05, 3.63) is 63.6 Å². The highest BCUT2D eigenvalue weighted by atomic mass is 35.5. The molecular formula is C20H24Cl2N2O. The largest absolute Gasteiger partial charge is 0.325 e. The molecule has 0 aliphatic heterocycles. The standard InChI is InChI=1S/C20H24Cl2N2O/c1-13(2)16-6-8-17(9-7-16)23-20(25)14(3)24(4)12-15-5-10-18(21)19(22)11-15/h5-11,13-14H,12H2,1-4H3,(H,23,25)/t14-/m1/s1. The highest BCUT2D eigenvalue weighted by molar-refractivity contribution is 6.42. The molecule has 1 amide bonds. The zero-order chi connectivity index (χ0) is 18.6. The summed E-state index contributed by atoms with van der Waals surface area (Å²) in [6.07, 6.45) is 0. The van der Waals surface area contributed by atoms with Gasteiger partial charge in [-0.1, -0.05) is 55.2 Å². The van der Waals surface area contributed by atoms with E-state index in [4.69, 9.17) is 23.2 Å². The minimum absolute atomic E-state index is 0.0418. The van der Waals surface area contributed by atoms with E-state index >= 15 is 0 Å². The number of rotatable bonds is 6. The van der Waals surface area contributed by atoms with Crippen LogP contribution >= 0.6 is 23.2 Å². The molecule has 0 saturated heterocycles. The van der Waals surface area contributed by atoms with Gasteiger partial charge >= 0.3 is 0 Å². The van der Waals surface area contributed by atoms with E-state index in [1.807, 2.05) is 55.3 Å². The number of anilines is 1. The fourth-order valence-corrected chi connectivity index (χ4v) is 2.78. The number of amides is 1. The molecule has 2 aromatic carbocycles. The number of hydrogen-bond acceptors (Lipinski definition) is 2. The Morgan fingerprint density at radius 1 is 1.04 bits per heavy atom. The summed E-state index contributed by atoms with van der Waals surface area (Å²) in [7, 11) is 1.91. The fraction of sp³-hybridized carbons (Fsp3) is 0.350. The van der Waals surface area contributed by atoms with Gasteiger partial charge in [0.1, 0.15) is 0 Å². The van der Waals surface area contributed by atoms with E-state index in [9.17, 15) is 4.79 Å². The third kappa shape index (κ3) is 5.46. The first-order valence-electron chi connectivity index (χ1n) is 8.33. The number of benzene rings is 2. The van der Waals surface area contributed by atoms with Crippen molar-refractivity contribution < 1.29 is 4.79 Å². The molecule has 2 aromatic rings. The average molecular weight is 379 g/mol. The minimum Gasteiger partial charge on any atom is -0.325 e. The molecule has 25 heavy (non-hydrogen) atoms. The molecule has 1 N–H and O–H groups in total. The van der Waals surface area contributed by atoms with Gasteiger partial charge in [-0.2, -0.15) is 0 Å². The number of likely N-dealkylation sites (N-methyl/N-ethyl adjacent to an activating group) is 1. The number of nitrogens with zero attached hydrogens (tertiary/aromatic N) is 1. The smallest absolute Gasteiger partial charge is 0.241 e. The van der Waals surface area contributed by atoms with Gasteiger partial charge in [-0.15, -0.1) is 0 Å². The quantitative estimate of drug-likeness (QED) is 0.711. The van der Waals surface area contributed by atoms with Crippen molar-refractivity contribution in [2.45, 2.75) is 39.3 Å². The van der Waals surface area contributed by atoms with Gasteiger partial charge in [0.15, 0.2) is 0 Å². The molecule has 0 bridgehead atoms. The van der Waals surface area contributed by atoms with E-state index in [2.05, 4.69) is 19.2 Å². The highest BCUT2D eigenvalue weighted by Crippen LogP contribution is 2.23. The van der Waals surface area contributed by atoms with Gasteiger partial charge in [-0.05, 0) is 55.3 Å². The number of carbonyl (C=O) groups is 1. The first kappa shape index (κ1) is 19.8. The molecule has 0 radical (unpaired) electrons. The van der Waals surface area contributed by atoms with Crippen LogP contribution in [-0.4, -0.2) is 23.9 Å². The Morgan fingerprint density at radius 2 is 1.68 bits per heavy atom. The van der Waals surface area contributed by atoms with Gasteiger partial charge in [-0.25, -0.2) is 0 Å². The zero-order valence-corrected chi connectivity index (χ0v) is 16.5. The van der Waals surface area contributed by atoms with Crippen molar-refractivity contribution in [2.24, 2.45) is 0 Å². The Labute approximate surface area is 159 Å². The molecule has 3 nitrogen and oxygen atoms in total. The lowest BCUT2D eigenvalue weighted by molar-refractivity contribution is -0.120. The van der Waals surface area contributed by atoms with E-state index in [0.29, 0.717) is 22.5 Å². The van der Waals surface area contributed by atoms with Crippen LogP contribution in [0.1, 0.15) is 37.8 Å². The van der Waals surface area contributed by atoms with E-state index in [1.165, 1.54) is 5.56 Å². The summed E-state index contributed by atoms with van der Waals surface area (Å²) in [4.78, 5) is 14.5. The van der Waals surface area contributed by atoms with Gasteiger partial charge in [-0.3, -0.25) is 9.69 Å². The van der Waals surface area contributed by atoms with Gasteiger partial charge in [0.25, 0.3) is 0 Å². The lowest BCUT2D eigenvalue weighted by atomic mass is 10.0. The third-order valence-electron chi connectivity index (χ3n) is 4.30. The molecule has 2 rings (SSSR count). The van der Waals surface area contributed by atoms with Crippen molar-refractivity contribution in [1.29, 1.82) is 0 Å². The predicted molar refractivity (Wildman–Crippen MR) is 107 cm³/mol. The second kappa shape index (κ2) is 8.70. The van der Waals surface area contributed by atoms with Crippen LogP contribution in [0.25, 0.3) is 0 Å². The summed E-state index contributed by atoms with van der Waals surface area (Å²) in [5.41, 5.74) is 3.07. The third-order valence-corrected chi connectivity index (χ3v) is 5.04. The van der Waals surface area contributed by atoms with Crippen LogP contribution in [-0.2, 0) is 11.3 Å². The number of nitrogens with one attached hydrogen (secondary N) is 1. The topological polar surface area (TPSA) is 32.3 Å². The van der Waals surface area contributed by atoms with Crippen LogP contribution in [0.4, 0.5) is 5.69 Å². The maximum Gasteiger partial charge on any atom is 0.241 e. The van der Waals surface area contributed by atoms with Crippen molar-refractivity contribution in [1.82, 2.24) is 4.90 Å². The molecule has 0 unspecified atom stereocenters. The summed E-state index contributed by atoms with van der Waals surface area (Å²) in [6, 6.07) is 13.2. The van der Waals surface area contributed by atoms with Gasteiger partial charge in [0, 0.05) is 12.2 Å². The Balaban J connectivity index is 1.97. The molecular weight excluding hydrogens is 355 g/mol. The Hall–Kier alpha value is -1.55. The minimum atomic E-state index is -0.278. The van der Waals surface area contributed by atoms with Crippen LogP contribution in [0.5, 0.6) is 0 Å². The fourth-order valence-electron chi connectivity index (χ4n) is 2.46. The summed E-state index contributed by atoms with van der Waals surface area (Å²) in [6.45, 7) is 6.79. The Kier molecular flexibility index (Phi) is 6.88. The summed E-state index contributed by atoms with van der Waals surface area (Å²) in [5, 5.41) is 4.02. The average Bonchev–Trinajstić information content (AvgIpc) is 2.57. The maximum absolute atomic E-state index is 12.5. The lowest BCUT2D eigenvalue weighted by Gasteiger charge is -2.24. The normalized spacial score (nSPS) is 12.5. The van der Waals surface area contributed by atoms with E-state index < -0.39 is 0 Å². The Bertz CT molecular complexity index is 729. The predicted octanol–water partition coefficient (Wildman–Crippen LogP) is 5.58. The monoisotopic (exact) mass is 378 g/mol. The summed E-state index contributed by atoms with van der Waals surface area (Å²) >= 11 is 12.0. The van der Waals surface area contributed by atoms with Crippen molar-refractivity contribution in [3.63, 3.8) is 0 Å². The molecule has 1 atom stereocenters. The van der Waals surface area contributed by atoms with E-state index in [0.717, 1.165) is 11.3 Å². The van der Waals surface area contributed by atoms with Crippen LogP contribution in [0.3, 0.4) is 0 Å². The van der Waals surface area contributed by atoms with Crippen LogP contribution < -0.4 is 5.32 Å². The second-order valence-corrected chi connectivity index (χ2v) is 7.42. The van der Waals surface area contributed by atoms with Crippen LogP contribution in [0.15, 0.2) is 42.5 Å². The first-order chi connectivity index (χ1) is 11.8.